The molecule has 2 aromatic rings. The molecule has 1 aliphatic rings. The molecule has 170 valence electrons. The maximum atomic E-state index is 12.6. The van der Waals surface area contributed by atoms with Crippen molar-refractivity contribution in [2.75, 3.05) is 39.3 Å². The van der Waals surface area contributed by atoms with E-state index in [1.165, 1.54) is 5.56 Å². The molecule has 1 aromatic carbocycles. The van der Waals surface area contributed by atoms with Crippen LogP contribution in [0, 0.1) is 0 Å². The Morgan fingerprint density at radius 2 is 1.94 bits per heavy atom. The Balaban J connectivity index is 0.00000341. The number of aryl methyl sites for hydroxylation is 2. The summed E-state index contributed by atoms with van der Waals surface area (Å²) in [5.41, 5.74) is 2.20. The number of amides is 1. The van der Waals surface area contributed by atoms with Crippen LogP contribution in [0.2, 0.25) is 5.02 Å². The lowest BCUT2D eigenvalue weighted by molar-refractivity contribution is -0.131. The van der Waals surface area contributed by atoms with Gasteiger partial charge in [-0.05, 0) is 43.0 Å². The molecule has 1 aromatic heterocycles. The quantitative estimate of drug-likeness (QED) is 0.246. The summed E-state index contributed by atoms with van der Waals surface area (Å²) in [5, 5.41) is 8.26. The third-order valence-corrected chi connectivity index (χ3v) is 5.39. The maximum absolute atomic E-state index is 12.6. The van der Waals surface area contributed by atoms with Crippen molar-refractivity contribution >= 4 is 47.4 Å². The highest BCUT2D eigenvalue weighted by Crippen LogP contribution is 2.13. The first-order valence-corrected chi connectivity index (χ1v) is 11.0. The normalized spacial score (nSPS) is 14.4. The van der Waals surface area contributed by atoms with Crippen molar-refractivity contribution in [1.82, 2.24) is 24.9 Å². The molecule has 0 atom stereocenters. The van der Waals surface area contributed by atoms with Crippen molar-refractivity contribution in [3.8, 4) is 0 Å². The van der Waals surface area contributed by atoms with E-state index >= 15 is 0 Å². The van der Waals surface area contributed by atoms with Gasteiger partial charge in [0, 0.05) is 57.5 Å². The van der Waals surface area contributed by atoms with E-state index < -0.39 is 0 Å². The lowest BCUT2D eigenvalue weighted by atomic mass is 10.1. The van der Waals surface area contributed by atoms with Crippen LogP contribution in [-0.4, -0.2) is 70.7 Å². The number of guanidine groups is 1. The topological polar surface area (TPSA) is 65.8 Å². The van der Waals surface area contributed by atoms with E-state index in [9.17, 15) is 4.79 Å². The van der Waals surface area contributed by atoms with Gasteiger partial charge in [-0.25, -0.2) is 0 Å². The lowest BCUT2D eigenvalue weighted by Gasteiger charge is -2.36. The van der Waals surface area contributed by atoms with Gasteiger partial charge in [0.1, 0.15) is 0 Å². The Hall–Kier alpha value is -1.81. The number of aromatic nitrogens is 2. The van der Waals surface area contributed by atoms with Gasteiger partial charge in [0.25, 0.3) is 0 Å². The van der Waals surface area contributed by atoms with Gasteiger partial charge in [0.15, 0.2) is 5.96 Å². The van der Waals surface area contributed by atoms with Crippen LogP contribution in [0.25, 0.3) is 0 Å². The molecule has 1 amide bonds. The van der Waals surface area contributed by atoms with Crippen LogP contribution < -0.4 is 5.32 Å². The average molecular weight is 559 g/mol. The van der Waals surface area contributed by atoms with Crippen molar-refractivity contribution in [3.63, 3.8) is 0 Å². The summed E-state index contributed by atoms with van der Waals surface area (Å²) in [6, 6.07) is 7.52. The molecule has 0 bridgehead atoms. The van der Waals surface area contributed by atoms with Crippen LogP contribution in [0.5, 0.6) is 0 Å². The van der Waals surface area contributed by atoms with Gasteiger partial charge in [0.2, 0.25) is 5.91 Å². The Morgan fingerprint density at radius 1 is 1.19 bits per heavy atom. The predicted molar refractivity (Wildman–Crippen MR) is 136 cm³/mol. The third kappa shape index (κ3) is 7.99. The summed E-state index contributed by atoms with van der Waals surface area (Å²) in [5.74, 6) is 1.08. The first-order chi connectivity index (χ1) is 14.5. The molecule has 0 saturated carbocycles. The second-order valence-corrected chi connectivity index (χ2v) is 7.97. The smallest absolute Gasteiger partial charge is 0.227 e. The van der Waals surface area contributed by atoms with Crippen LogP contribution in [0.3, 0.4) is 0 Å². The van der Waals surface area contributed by atoms with Crippen LogP contribution in [-0.2, 0) is 24.7 Å². The molecule has 1 aliphatic heterocycles. The van der Waals surface area contributed by atoms with Crippen molar-refractivity contribution in [2.24, 2.45) is 12.0 Å². The first-order valence-electron chi connectivity index (χ1n) is 10.6. The molecule has 0 spiro atoms. The number of halogens is 2. The molecule has 3 rings (SSSR count). The van der Waals surface area contributed by atoms with Gasteiger partial charge in [-0.3, -0.25) is 14.5 Å². The summed E-state index contributed by atoms with van der Waals surface area (Å²) in [4.78, 5) is 21.6. The van der Waals surface area contributed by atoms with E-state index in [0.29, 0.717) is 24.5 Å². The zero-order valence-electron chi connectivity index (χ0n) is 18.3. The zero-order valence-corrected chi connectivity index (χ0v) is 21.3. The molecular weight excluding hydrogens is 527 g/mol. The molecule has 1 N–H and O–H groups in total. The predicted octanol–water partition coefficient (Wildman–Crippen LogP) is 2.98. The number of carbonyl (C=O) groups is 1. The molecule has 2 heterocycles. The van der Waals surface area contributed by atoms with E-state index in [4.69, 9.17) is 16.6 Å². The molecule has 1 saturated heterocycles. The fourth-order valence-electron chi connectivity index (χ4n) is 3.60. The minimum absolute atomic E-state index is 0. The minimum atomic E-state index is 0. The van der Waals surface area contributed by atoms with Gasteiger partial charge in [-0.2, -0.15) is 5.10 Å². The van der Waals surface area contributed by atoms with E-state index in [2.05, 4.69) is 28.4 Å². The lowest BCUT2D eigenvalue weighted by Crippen LogP contribution is -2.54. The highest BCUT2D eigenvalue weighted by molar-refractivity contribution is 14.0. The van der Waals surface area contributed by atoms with Gasteiger partial charge in [-0.1, -0.05) is 23.7 Å². The van der Waals surface area contributed by atoms with Gasteiger partial charge < -0.3 is 15.1 Å². The molecule has 31 heavy (non-hydrogen) atoms. The molecular formula is C22H32ClIN6O. The number of benzene rings is 1. The summed E-state index contributed by atoms with van der Waals surface area (Å²) in [7, 11) is 1.93. The van der Waals surface area contributed by atoms with E-state index in [-0.39, 0.29) is 29.9 Å². The maximum Gasteiger partial charge on any atom is 0.227 e. The van der Waals surface area contributed by atoms with Gasteiger partial charge in [0.05, 0.1) is 12.6 Å². The number of aliphatic imine (C=N–C) groups is 1. The molecule has 1 fully saturated rings. The number of hydrogen-bond donors (Lipinski definition) is 1. The average Bonchev–Trinajstić information content (AvgIpc) is 3.15. The van der Waals surface area contributed by atoms with E-state index in [1.807, 2.05) is 47.1 Å². The fraction of sp³-hybridized carbons (Fsp3) is 0.500. The molecule has 0 unspecified atom stereocenters. The third-order valence-electron chi connectivity index (χ3n) is 5.15. The SMILES string of the molecule is CCNC(=NCCCc1cnn(C)c1)N1CCN(C(=O)Cc2cccc(Cl)c2)CC1.I. The summed E-state index contributed by atoms with van der Waals surface area (Å²) in [6.45, 7) is 6.67. The van der Waals surface area contributed by atoms with Crippen molar-refractivity contribution in [2.45, 2.75) is 26.2 Å². The van der Waals surface area contributed by atoms with Crippen LogP contribution in [0.1, 0.15) is 24.5 Å². The molecule has 0 aliphatic carbocycles. The van der Waals surface area contributed by atoms with Crippen molar-refractivity contribution < 1.29 is 4.79 Å². The number of nitrogens with one attached hydrogen (secondary N) is 1. The Morgan fingerprint density at radius 3 is 2.58 bits per heavy atom. The number of nitrogens with zero attached hydrogens (tertiary/aromatic N) is 5. The first kappa shape index (κ1) is 25.5. The second-order valence-electron chi connectivity index (χ2n) is 7.54. The Labute approximate surface area is 206 Å². The number of hydrogen-bond acceptors (Lipinski definition) is 3. The number of carbonyl (C=O) groups excluding carboxylic acids is 1. The van der Waals surface area contributed by atoms with Crippen molar-refractivity contribution in [3.05, 3.63) is 52.8 Å². The molecule has 0 radical (unpaired) electrons. The van der Waals surface area contributed by atoms with Crippen LogP contribution in [0.4, 0.5) is 0 Å². The van der Waals surface area contributed by atoms with Crippen LogP contribution >= 0.6 is 35.6 Å². The van der Waals surface area contributed by atoms with Gasteiger partial charge in [-0.15, -0.1) is 24.0 Å². The Bertz CT molecular complexity index is 863. The zero-order chi connectivity index (χ0) is 21.3. The summed E-state index contributed by atoms with van der Waals surface area (Å²) in [6.07, 6.45) is 6.31. The second kappa shape index (κ2) is 12.9. The number of rotatable bonds is 7. The van der Waals surface area contributed by atoms with Crippen molar-refractivity contribution in [1.29, 1.82) is 0 Å². The fourth-order valence-corrected chi connectivity index (χ4v) is 3.81. The summed E-state index contributed by atoms with van der Waals surface area (Å²) < 4.78 is 1.83. The van der Waals surface area contributed by atoms with E-state index in [1.54, 1.807) is 0 Å². The highest BCUT2D eigenvalue weighted by Gasteiger charge is 2.23. The standard InChI is InChI=1S/C22H31ClN6O.HI/c1-3-24-22(25-9-5-7-19-16-26-27(2)17-19)29-12-10-28(11-13-29)21(30)15-18-6-4-8-20(23)14-18;/h4,6,8,14,16-17H,3,5,7,9-13,15H2,1-2H3,(H,24,25);1H. The summed E-state index contributed by atoms with van der Waals surface area (Å²) >= 11 is 6.03. The molecule has 9 heteroatoms. The minimum Gasteiger partial charge on any atom is -0.357 e. The van der Waals surface area contributed by atoms with E-state index in [0.717, 1.165) is 50.5 Å². The molecule has 7 nitrogen and oxygen atoms in total. The largest absolute Gasteiger partial charge is 0.357 e. The van der Waals surface area contributed by atoms with Gasteiger partial charge >= 0.3 is 0 Å². The monoisotopic (exact) mass is 558 g/mol. The highest BCUT2D eigenvalue weighted by atomic mass is 127. The van der Waals surface area contributed by atoms with Crippen LogP contribution in [0.15, 0.2) is 41.7 Å². The Kier molecular flexibility index (Phi) is 10.6. The number of piperazine rings is 1.